The molecule has 3 aromatic rings. The molecule has 0 saturated heterocycles. The number of aromatic nitrogens is 1. The number of carbonyl (C=O) groups excluding carboxylic acids is 2. The summed E-state index contributed by atoms with van der Waals surface area (Å²) in [6.45, 7) is 5.86. The predicted molar refractivity (Wildman–Crippen MR) is 108 cm³/mol. The second kappa shape index (κ2) is 8.30. The van der Waals surface area contributed by atoms with Crippen LogP contribution in [0.3, 0.4) is 0 Å². The molecular weight excluding hydrogens is 354 g/mol. The van der Waals surface area contributed by atoms with Gasteiger partial charge in [-0.2, -0.15) is 0 Å². The molecule has 0 amide bonds. The maximum Gasteiger partial charge on any atom is 0.326 e. The number of nitrogens with zero attached hydrogens (tertiary/aromatic N) is 1. The molecule has 5 nitrogen and oxygen atoms in total. The van der Waals surface area contributed by atoms with Gasteiger partial charge >= 0.3 is 11.9 Å². The van der Waals surface area contributed by atoms with E-state index in [0.717, 1.165) is 22.0 Å². The minimum atomic E-state index is -0.538. The molecule has 5 heteroatoms. The fourth-order valence-corrected chi connectivity index (χ4v) is 3.05. The maximum absolute atomic E-state index is 12.3. The maximum atomic E-state index is 12.3. The van der Waals surface area contributed by atoms with E-state index in [4.69, 9.17) is 9.47 Å². The average Bonchev–Trinajstić information content (AvgIpc) is 2.97. The Morgan fingerprint density at radius 1 is 0.929 bits per heavy atom. The van der Waals surface area contributed by atoms with Gasteiger partial charge in [0.1, 0.15) is 18.8 Å². The Kier molecular flexibility index (Phi) is 5.83. The van der Waals surface area contributed by atoms with Crippen molar-refractivity contribution in [2.75, 3.05) is 0 Å². The van der Waals surface area contributed by atoms with E-state index >= 15 is 0 Å². The van der Waals surface area contributed by atoms with Gasteiger partial charge in [0.05, 0.1) is 6.42 Å². The molecule has 0 aliphatic rings. The molecule has 2 aromatic carbocycles. The first-order valence-electron chi connectivity index (χ1n) is 9.30. The molecule has 1 aromatic heterocycles. The molecule has 146 valence electrons. The normalized spacial score (nSPS) is 11.4. The Morgan fingerprint density at radius 3 is 2.32 bits per heavy atom. The number of rotatable bonds is 6. The van der Waals surface area contributed by atoms with Crippen molar-refractivity contribution in [1.82, 2.24) is 4.57 Å². The van der Waals surface area contributed by atoms with Crippen molar-refractivity contribution in [2.45, 2.75) is 45.9 Å². The lowest BCUT2D eigenvalue weighted by Crippen LogP contribution is -2.26. The third kappa shape index (κ3) is 5.22. The number of hydrogen-bond acceptors (Lipinski definition) is 4. The smallest absolute Gasteiger partial charge is 0.326 e. The summed E-state index contributed by atoms with van der Waals surface area (Å²) >= 11 is 0. The van der Waals surface area contributed by atoms with E-state index in [-0.39, 0.29) is 31.5 Å². The van der Waals surface area contributed by atoms with Gasteiger partial charge in [0.15, 0.2) is 0 Å². The van der Waals surface area contributed by atoms with Crippen molar-refractivity contribution in [3.05, 3.63) is 71.9 Å². The summed E-state index contributed by atoms with van der Waals surface area (Å²) in [7, 11) is 0. The monoisotopic (exact) mass is 379 g/mol. The Bertz CT molecular complexity index is 967. The zero-order valence-corrected chi connectivity index (χ0v) is 16.5. The molecule has 0 bridgehead atoms. The van der Waals surface area contributed by atoms with Gasteiger partial charge in [-0.05, 0) is 38.0 Å². The Hall–Kier alpha value is -3.08. The van der Waals surface area contributed by atoms with Crippen LogP contribution in [-0.4, -0.2) is 22.1 Å². The number of benzene rings is 2. The highest BCUT2D eigenvalue weighted by Crippen LogP contribution is 2.23. The second-order valence-electron chi connectivity index (χ2n) is 7.71. The molecule has 0 atom stereocenters. The van der Waals surface area contributed by atoms with Crippen molar-refractivity contribution in [3.8, 4) is 0 Å². The van der Waals surface area contributed by atoms with E-state index in [2.05, 4.69) is 0 Å². The highest BCUT2D eigenvalue weighted by molar-refractivity contribution is 5.88. The minimum Gasteiger partial charge on any atom is -0.461 e. The number of ether oxygens (including phenoxy) is 2. The van der Waals surface area contributed by atoms with E-state index in [1.807, 2.05) is 86.1 Å². The molecular formula is C23H25NO4. The lowest BCUT2D eigenvalue weighted by atomic mass is 10.1. The molecule has 0 aliphatic heterocycles. The topological polar surface area (TPSA) is 57.5 Å². The Labute approximate surface area is 164 Å². The van der Waals surface area contributed by atoms with Crippen LogP contribution in [0.1, 0.15) is 31.9 Å². The molecule has 0 aliphatic carbocycles. The molecule has 0 spiro atoms. The van der Waals surface area contributed by atoms with Gasteiger partial charge in [-0.15, -0.1) is 0 Å². The van der Waals surface area contributed by atoms with Crippen LogP contribution in [0, 0.1) is 0 Å². The molecule has 28 heavy (non-hydrogen) atoms. The van der Waals surface area contributed by atoms with Gasteiger partial charge in [0, 0.05) is 17.1 Å². The van der Waals surface area contributed by atoms with Crippen LogP contribution >= 0.6 is 0 Å². The highest BCUT2D eigenvalue weighted by atomic mass is 16.6. The van der Waals surface area contributed by atoms with E-state index in [1.54, 1.807) is 0 Å². The summed E-state index contributed by atoms with van der Waals surface area (Å²) in [6, 6.07) is 17.3. The molecule has 3 rings (SSSR count). The van der Waals surface area contributed by atoms with Crippen LogP contribution in [0.4, 0.5) is 0 Å². The van der Waals surface area contributed by atoms with Crippen molar-refractivity contribution in [2.24, 2.45) is 0 Å². The summed E-state index contributed by atoms with van der Waals surface area (Å²) in [4.78, 5) is 24.6. The quantitative estimate of drug-likeness (QED) is 0.600. The van der Waals surface area contributed by atoms with Gasteiger partial charge in [0.25, 0.3) is 0 Å². The minimum absolute atomic E-state index is 0.0941. The van der Waals surface area contributed by atoms with E-state index in [9.17, 15) is 9.59 Å². The van der Waals surface area contributed by atoms with E-state index in [1.165, 1.54) is 0 Å². The molecule has 0 N–H and O–H groups in total. The number of carbonyl (C=O) groups is 2. The first kappa shape index (κ1) is 19.7. The van der Waals surface area contributed by atoms with Gasteiger partial charge in [-0.3, -0.25) is 9.59 Å². The second-order valence-corrected chi connectivity index (χ2v) is 7.71. The average molecular weight is 379 g/mol. The number of fused-ring (bicyclic) bond motifs is 1. The standard InChI is InChI=1S/C23H25NO4/c1-23(2,3)28-22(26)15-24-14-18(19-11-7-8-12-20(19)24)13-21(25)27-16-17-9-5-4-6-10-17/h4-12,14H,13,15-16H2,1-3H3. The van der Waals surface area contributed by atoms with Gasteiger partial charge in [-0.1, -0.05) is 48.5 Å². The highest BCUT2D eigenvalue weighted by Gasteiger charge is 2.19. The number of para-hydroxylation sites is 1. The summed E-state index contributed by atoms with van der Waals surface area (Å²) < 4.78 is 12.6. The van der Waals surface area contributed by atoms with Gasteiger partial charge in [-0.25, -0.2) is 0 Å². The first-order valence-corrected chi connectivity index (χ1v) is 9.30. The number of hydrogen-bond donors (Lipinski definition) is 0. The predicted octanol–water partition coefficient (Wildman–Crippen LogP) is 4.27. The molecule has 0 saturated carbocycles. The van der Waals surface area contributed by atoms with Crippen LogP contribution < -0.4 is 0 Å². The fraction of sp³-hybridized carbons (Fsp3) is 0.304. The van der Waals surface area contributed by atoms with Crippen molar-refractivity contribution in [1.29, 1.82) is 0 Å². The summed E-state index contributed by atoms with van der Waals surface area (Å²) in [6.07, 6.45) is 1.98. The van der Waals surface area contributed by atoms with Crippen LogP contribution in [0.5, 0.6) is 0 Å². The molecule has 1 heterocycles. The van der Waals surface area contributed by atoms with E-state index in [0.29, 0.717) is 0 Å². The molecule has 0 unspecified atom stereocenters. The lowest BCUT2D eigenvalue weighted by Gasteiger charge is -2.19. The molecule has 0 radical (unpaired) electrons. The Morgan fingerprint density at radius 2 is 1.61 bits per heavy atom. The first-order chi connectivity index (χ1) is 13.3. The number of esters is 2. The van der Waals surface area contributed by atoms with Gasteiger partial charge < -0.3 is 14.0 Å². The lowest BCUT2D eigenvalue weighted by molar-refractivity contribution is -0.155. The van der Waals surface area contributed by atoms with Crippen molar-refractivity contribution < 1.29 is 19.1 Å². The van der Waals surface area contributed by atoms with Gasteiger partial charge in [0.2, 0.25) is 0 Å². The van der Waals surface area contributed by atoms with Crippen LogP contribution in [0.2, 0.25) is 0 Å². The van der Waals surface area contributed by atoms with Crippen LogP contribution in [0.15, 0.2) is 60.8 Å². The van der Waals surface area contributed by atoms with Crippen LogP contribution in [-0.2, 0) is 38.6 Å². The zero-order chi connectivity index (χ0) is 20.1. The van der Waals surface area contributed by atoms with Crippen LogP contribution in [0.25, 0.3) is 10.9 Å². The summed E-state index contributed by atoms with van der Waals surface area (Å²) in [5, 5.41) is 0.933. The molecule has 0 fully saturated rings. The zero-order valence-electron chi connectivity index (χ0n) is 16.5. The largest absolute Gasteiger partial charge is 0.461 e. The van der Waals surface area contributed by atoms with Crippen molar-refractivity contribution in [3.63, 3.8) is 0 Å². The van der Waals surface area contributed by atoms with E-state index < -0.39 is 5.60 Å². The third-order valence-electron chi connectivity index (χ3n) is 4.17. The summed E-state index contributed by atoms with van der Waals surface area (Å²) in [5.74, 6) is -0.615. The Balaban J connectivity index is 1.72. The van der Waals surface area contributed by atoms with Crippen molar-refractivity contribution >= 4 is 22.8 Å². The third-order valence-corrected chi connectivity index (χ3v) is 4.17. The fourth-order valence-electron chi connectivity index (χ4n) is 3.05. The SMILES string of the molecule is CC(C)(C)OC(=O)Cn1cc(CC(=O)OCc2ccccc2)c2ccccc21. The summed E-state index contributed by atoms with van der Waals surface area (Å²) in [5.41, 5.74) is 2.13.